The molecule has 1 amide bonds. The van der Waals surface area contributed by atoms with E-state index in [1.54, 1.807) is 17.0 Å². The Morgan fingerprint density at radius 3 is 2.24 bits per heavy atom. The van der Waals surface area contributed by atoms with E-state index in [0.29, 0.717) is 26.2 Å². The van der Waals surface area contributed by atoms with Crippen LogP contribution in [0.25, 0.3) is 0 Å². The molecule has 1 N–H and O–H groups in total. The highest BCUT2D eigenvalue weighted by atomic mass is 32.2. The van der Waals surface area contributed by atoms with Crippen LogP contribution in [-0.2, 0) is 19.6 Å². The Hall–Kier alpha value is -3.07. The molecule has 3 rings (SSSR count). The second-order valence-corrected chi connectivity index (χ2v) is 8.45. The van der Waals surface area contributed by atoms with Crippen molar-refractivity contribution in [1.82, 2.24) is 4.90 Å². The summed E-state index contributed by atoms with van der Waals surface area (Å²) in [6, 6.07) is 16.1. The van der Waals surface area contributed by atoms with Crippen LogP contribution in [0.2, 0.25) is 0 Å². The van der Waals surface area contributed by atoms with Gasteiger partial charge in [-0.3, -0.25) is 9.52 Å². The molecule has 1 saturated heterocycles. The van der Waals surface area contributed by atoms with E-state index in [1.807, 2.05) is 30.3 Å². The molecule has 1 heterocycles. The zero-order valence-electron chi connectivity index (χ0n) is 16.1. The smallest absolute Gasteiger partial charge is 0.340 e. The fraction of sp³-hybridized carbons (Fsp3) is 0.300. The maximum atomic E-state index is 12.4. The van der Waals surface area contributed by atoms with Gasteiger partial charge in [0.2, 0.25) is 10.0 Å². The van der Waals surface area contributed by atoms with Crippen LogP contribution in [0.15, 0.2) is 54.6 Å². The number of hydrogen-bond donors (Lipinski definition) is 1. The third kappa shape index (κ3) is 5.71. The van der Waals surface area contributed by atoms with E-state index in [0.717, 1.165) is 11.9 Å². The Balaban J connectivity index is 1.53. The zero-order valence-corrected chi connectivity index (χ0v) is 16.9. The van der Waals surface area contributed by atoms with E-state index in [9.17, 15) is 18.0 Å². The van der Waals surface area contributed by atoms with Crippen LogP contribution in [0.3, 0.4) is 0 Å². The van der Waals surface area contributed by atoms with Crippen LogP contribution in [0.5, 0.6) is 0 Å². The normalized spacial score (nSPS) is 14.4. The molecule has 0 bridgehead atoms. The molecular formula is C20H23N3O5S. The van der Waals surface area contributed by atoms with Crippen molar-refractivity contribution in [3.05, 3.63) is 60.2 Å². The van der Waals surface area contributed by atoms with E-state index in [1.165, 1.54) is 12.1 Å². The summed E-state index contributed by atoms with van der Waals surface area (Å²) in [6.45, 7) is 2.09. The molecule has 29 heavy (non-hydrogen) atoms. The van der Waals surface area contributed by atoms with Gasteiger partial charge in [0.05, 0.1) is 17.5 Å². The molecule has 1 aliphatic rings. The van der Waals surface area contributed by atoms with Gasteiger partial charge in [0, 0.05) is 31.9 Å². The number of para-hydroxylation sites is 2. The molecule has 0 spiro atoms. The number of esters is 1. The number of carbonyl (C=O) groups is 2. The standard InChI is InChI=1S/C20H23N3O5S/c1-29(26,27)21-18-10-6-5-9-17(18)20(25)28-15-19(24)23-13-11-22(12-14-23)16-7-3-2-4-8-16/h2-10,21H,11-15H2,1H3. The summed E-state index contributed by atoms with van der Waals surface area (Å²) in [5.41, 5.74) is 1.28. The summed E-state index contributed by atoms with van der Waals surface area (Å²) >= 11 is 0. The number of nitrogens with zero attached hydrogens (tertiary/aromatic N) is 2. The second kappa shape index (κ2) is 8.95. The number of ether oxygens (including phenoxy) is 1. The molecule has 0 atom stereocenters. The van der Waals surface area contributed by atoms with Gasteiger partial charge in [0.1, 0.15) is 0 Å². The third-order valence-corrected chi connectivity index (χ3v) is 5.11. The lowest BCUT2D eigenvalue weighted by Crippen LogP contribution is -2.49. The Labute approximate surface area is 170 Å². The van der Waals surface area contributed by atoms with Crippen molar-refractivity contribution in [2.75, 3.05) is 48.7 Å². The van der Waals surface area contributed by atoms with E-state index < -0.39 is 22.6 Å². The highest BCUT2D eigenvalue weighted by molar-refractivity contribution is 7.92. The number of hydrogen-bond acceptors (Lipinski definition) is 6. The molecule has 2 aromatic carbocycles. The predicted octanol–water partition coefficient (Wildman–Crippen LogP) is 1.56. The molecule has 0 aromatic heterocycles. The molecule has 154 valence electrons. The number of benzene rings is 2. The summed E-state index contributed by atoms with van der Waals surface area (Å²) < 4.78 is 30.3. The van der Waals surface area contributed by atoms with Crippen LogP contribution < -0.4 is 9.62 Å². The van der Waals surface area contributed by atoms with Gasteiger partial charge in [-0.25, -0.2) is 13.2 Å². The molecular weight excluding hydrogens is 394 g/mol. The van der Waals surface area contributed by atoms with E-state index in [-0.39, 0.29) is 17.2 Å². The van der Waals surface area contributed by atoms with Crippen molar-refractivity contribution < 1.29 is 22.7 Å². The Morgan fingerprint density at radius 1 is 0.966 bits per heavy atom. The van der Waals surface area contributed by atoms with Gasteiger partial charge in [-0.05, 0) is 24.3 Å². The topological polar surface area (TPSA) is 96.0 Å². The molecule has 2 aromatic rings. The molecule has 1 aliphatic heterocycles. The lowest BCUT2D eigenvalue weighted by molar-refractivity contribution is -0.134. The number of anilines is 2. The van der Waals surface area contributed by atoms with Crippen molar-refractivity contribution in [2.45, 2.75) is 0 Å². The van der Waals surface area contributed by atoms with Gasteiger partial charge in [-0.2, -0.15) is 0 Å². The van der Waals surface area contributed by atoms with E-state index >= 15 is 0 Å². The molecule has 0 saturated carbocycles. The number of piperazine rings is 1. The first-order valence-electron chi connectivity index (χ1n) is 9.15. The second-order valence-electron chi connectivity index (χ2n) is 6.70. The number of sulfonamides is 1. The first kappa shape index (κ1) is 20.7. The predicted molar refractivity (Wildman–Crippen MR) is 110 cm³/mol. The maximum absolute atomic E-state index is 12.4. The number of nitrogens with one attached hydrogen (secondary N) is 1. The molecule has 1 fully saturated rings. The molecule has 0 aliphatic carbocycles. The van der Waals surface area contributed by atoms with Gasteiger partial charge < -0.3 is 14.5 Å². The van der Waals surface area contributed by atoms with Gasteiger partial charge >= 0.3 is 5.97 Å². The Bertz CT molecular complexity index is 971. The summed E-state index contributed by atoms with van der Waals surface area (Å²) in [6.07, 6.45) is 0.994. The van der Waals surface area contributed by atoms with Crippen LogP contribution in [0.1, 0.15) is 10.4 Å². The molecule has 8 nitrogen and oxygen atoms in total. The van der Waals surface area contributed by atoms with Crippen molar-refractivity contribution in [1.29, 1.82) is 0 Å². The van der Waals surface area contributed by atoms with E-state index in [4.69, 9.17) is 4.74 Å². The number of amides is 1. The number of carbonyl (C=O) groups excluding carboxylic acids is 2. The van der Waals surface area contributed by atoms with Crippen molar-refractivity contribution in [3.63, 3.8) is 0 Å². The fourth-order valence-corrected chi connectivity index (χ4v) is 3.68. The van der Waals surface area contributed by atoms with Crippen molar-refractivity contribution in [3.8, 4) is 0 Å². The van der Waals surface area contributed by atoms with Crippen LogP contribution in [-0.4, -0.2) is 64.2 Å². The first-order chi connectivity index (χ1) is 13.8. The minimum Gasteiger partial charge on any atom is -0.452 e. The average Bonchev–Trinajstić information content (AvgIpc) is 2.72. The van der Waals surface area contributed by atoms with Crippen LogP contribution in [0.4, 0.5) is 11.4 Å². The molecule has 9 heteroatoms. The van der Waals surface area contributed by atoms with Crippen LogP contribution >= 0.6 is 0 Å². The Morgan fingerprint density at radius 2 is 1.59 bits per heavy atom. The number of rotatable bonds is 6. The van der Waals surface area contributed by atoms with Gasteiger partial charge in [-0.15, -0.1) is 0 Å². The van der Waals surface area contributed by atoms with Gasteiger partial charge in [0.25, 0.3) is 5.91 Å². The summed E-state index contributed by atoms with van der Waals surface area (Å²) in [5, 5.41) is 0. The van der Waals surface area contributed by atoms with E-state index in [2.05, 4.69) is 9.62 Å². The highest BCUT2D eigenvalue weighted by Crippen LogP contribution is 2.18. The largest absolute Gasteiger partial charge is 0.452 e. The minimum atomic E-state index is -3.55. The average molecular weight is 417 g/mol. The fourth-order valence-electron chi connectivity index (χ4n) is 3.10. The lowest BCUT2D eigenvalue weighted by Gasteiger charge is -2.36. The maximum Gasteiger partial charge on any atom is 0.340 e. The minimum absolute atomic E-state index is 0.0552. The van der Waals surface area contributed by atoms with Gasteiger partial charge in [0.15, 0.2) is 6.61 Å². The monoisotopic (exact) mass is 417 g/mol. The summed E-state index contributed by atoms with van der Waals surface area (Å²) in [4.78, 5) is 28.6. The first-order valence-corrected chi connectivity index (χ1v) is 11.0. The quantitative estimate of drug-likeness (QED) is 0.717. The Kier molecular flexibility index (Phi) is 6.38. The van der Waals surface area contributed by atoms with Crippen LogP contribution in [0, 0.1) is 0 Å². The summed E-state index contributed by atoms with van der Waals surface area (Å²) in [5.74, 6) is -1.03. The zero-order chi connectivity index (χ0) is 20.9. The third-order valence-electron chi connectivity index (χ3n) is 4.52. The van der Waals surface area contributed by atoms with Crippen molar-refractivity contribution >= 4 is 33.3 Å². The molecule has 0 unspecified atom stereocenters. The SMILES string of the molecule is CS(=O)(=O)Nc1ccccc1C(=O)OCC(=O)N1CCN(c2ccccc2)CC1. The highest BCUT2D eigenvalue weighted by Gasteiger charge is 2.23. The molecule has 0 radical (unpaired) electrons. The van der Waals surface area contributed by atoms with Gasteiger partial charge in [-0.1, -0.05) is 30.3 Å². The summed E-state index contributed by atoms with van der Waals surface area (Å²) in [7, 11) is -3.55. The lowest BCUT2D eigenvalue weighted by atomic mass is 10.2. The van der Waals surface area contributed by atoms with Crippen molar-refractivity contribution in [2.24, 2.45) is 0 Å².